The minimum absolute atomic E-state index is 0.0788. The van der Waals surface area contributed by atoms with Crippen molar-refractivity contribution < 1.29 is 42.9 Å². The first-order valence-corrected chi connectivity index (χ1v) is 15.6. The minimum Gasteiger partial charge on any atom is -0.388 e. The van der Waals surface area contributed by atoms with Crippen LogP contribution in [-0.4, -0.2) is 66.7 Å². The van der Waals surface area contributed by atoms with Crippen LogP contribution in [0.2, 0.25) is 0 Å². The summed E-state index contributed by atoms with van der Waals surface area (Å²) in [7, 11) is -10.1. The molecule has 3 unspecified atom stereocenters. The smallest absolute Gasteiger partial charge is 0.310 e. The maximum absolute atomic E-state index is 14.2. The number of hydrogen-bond acceptors (Lipinski definition) is 7. The third-order valence-electron chi connectivity index (χ3n) is 7.70. The average molecular weight is 656 g/mol. The number of anilines is 1. The predicted molar refractivity (Wildman–Crippen MR) is 145 cm³/mol. The van der Waals surface area contributed by atoms with Crippen LogP contribution in [0.5, 0.6) is 0 Å². The Morgan fingerprint density at radius 1 is 1.14 bits per heavy atom. The summed E-state index contributed by atoms with van der Waals surface area (Å²) in [5.74, 6) is -5.07. The molecule has 2 aliphatic rings. The molecule has 44 heavy (non-hydrogen) atoms. The Balaban J connectivity index is 1.86. The molecule has 1 aromatic heterocycles. The van der Waals surface area contributed by atoms with Crippen LogP contribution in [0.1, 0.15) is 70.8 Å². The number of nitrogens with one attached hydrogen (secondary N) is 1. The van der Waals surface area contributed by atoms with Gasteiger partial charge in [0.2, 0.25) is 5.92 Å². The van der Waals surface area contributed by atoms with Crippen molar-refractivity contribution in [2.75, 3.05) is 11.4 Å². The van der Waals surface area contributed by atoms with Crippen molar-refractivity contribution in [2.45, 2.75) is 93.5 Å². The summed E-state index contributed by atoms with van der Waals surface area (Å²) in [4.78, 5) is 27.6. The van der Waals surface area contributed by atoms with Crippen LogP contribution in [0.3, 0.4) is 0 Å². The van der Waals surface area contributed by atoms with Gasteiger partial charge >= 0.3 is 10.2 Å². The lowest BCUT2D eigenvalue weighted by molar-refractivity contribution is -0.129. The number of nitrogens with zero attached hydrogens (tertiary/aromatic N) is 6. The fourth-order valence-electron chi connectivity index (χ4n) is 5.48. The molecule has 2 fully saturated rings. The fraction of sp³-hybridized carbons (Fsp3) is 0.577. The van der Waals surface area contributed by atoms with Crippen LogP contribution >= 0.6 is 10.2 Å². The number of halogens is 7. The quantitative estimate of drug-likeness (QED) is 0.280. The highest BCUT2D eigenvalue weighted by atomic mass is 32.5. The largest absolute Gasteiger partial charge is 0.388 e. The van der Waals surface area contributed by atoms with Gasteiger partial charge in [-0.05, 0) is 57.9 Å². The molecule has 2 N–H and O–H groups in total. The van der Waals surface area contributed by atoms with E-state index in [9.17, 15) is 48.2 Å². The molecule has 2 heterocycles. The predicted octanol–water partition coefficient (Wildman–Crippen LogP) is 5.59. The summed E-state index contributed by atoms with van der Waals surface area (Å²) < 4.78 is 96.7. The lowest BCUT2D eigenvalue weighted by Crippen LogP contribution is -2.52. The second kappa shape index (κ2) is 10.5. The van der Waals surface area contributed by atoms with Gasteiger partial charge in [0.05, 0.1) is 12.1 Å². The highest BCUT2D eigenvalue weighted by molar-refractivity contribution is 8.45. The molecule has 0 radical (unpaired) electrons. The SMILES string of the molecule is CC(C)n1cnnc1C(C(=O)NC1CCC(F)(F)CC1)N(C(=O)C1CC(C)(O)CN1C#N)c1ccc(S(F)(F)(F)(F)F)cc1. The summed E-state index contributed by atoms with van der Waals surface area (Å²) in [5.41, 5.74) is -1.98. The molecule has 244 valence electrons. The molecule has 3 atom stereocenters. The first-order chi connectivity index (χ1) is 20.0. The van der Waals surface area contributed by atoms with E-state index in [0.29, 0.717) is 12.1 Å². The number of amides is 2. The van der Waals surface area contributed by atoms with Crippen molar-refractivity contribution in [3.63, 3.8) is 0 Å². The van der Waals surface area contributed by atoms with E-state index in [4.69, 9.17) is 0 Å². The van der Waals surface area contributed by atoms with E-state index in [1.54, 1.807) is 20.0 Å². The number of nitriles is 1. The Hall–Kier alpha value is -3.59. The van der Waals surface area contributed by atoms with Gasteiger partial charge in [0, 0.05) is 37.0 Å². The zero-order valence-electron chi connectivity index (χ0n) is 23.9. The Morgan fingerprint density at radius 2 is 1.73 bits per heavy atom. The topological polar surface area (TPSA) is 127 Å². The summed E-state index contributed by atoms with van der Waals surface area (Å²) >= 11 is 0. The van der Waals surface area contributed by atoms with E-state index in [0.717, 1.165) is 9.80 Å². The molecular formula is C26H32F7N7O3S. The van der Waals surface area contributed by atoms with Gasteiger partial charge in [-0.3, -0.25) is 19.4 Å². The highest BCUT2D eigenvalue weighted by Crippen LogP contribution is 3.02. The highest BCUT2D eigenvalue weighted by Gasteiger charge is 2.65. The Bertz CT molecular complexity index is 1450. The van der Waals surface area contributed by atoms with Crippen molar-refractivity contribution in [1.29, 1.82) is 5.26 Å². The number of benzene rings is 1. The first kappa shape index (κ1) is 33.3. The van der Waals surface area contributed by atoms with Gasteiger partial charge in [0.1, 0.15) is 17.3 Å². The number of carbonyl (C=O) groups excluding carboxylic acids is 2. The van der Waals surface area contributed by atoms with Gasteiger partial charge in [-0.15, -0.1) is 10.2 Å². The third kappa shape index (κ3) is 7.20. The summed E-state index contributed by atoms with van der Waals surface area (Å²) in [5, 5.41) is 30.7. The molecule has 1 aliphatic carbocycles. The van der Waals surface area contributed by atoms with Crippen LogP contribution < -0.4 is 10.2 Å². The monoisotopic (exact) mass is 655 g/mol. The van der Waals surface area contributed by atoms with Crippen molar-refractivity contribution in [3.05, 3.63) is 36.4 Å². The standard InChI is InChI=1S/C26H32F7N7O3S/c1-16(2)39-15-35-37-22(39)21(23(41)36-17-8-10-26(27,28)11-9-17)40(24(42)20-12-25(3,43)13-38(20)14-34)18-4-6-19(7-5-18)44(29,30,31,32)33/h4-7,15-17,20-21,43H,8-13H2,1-3H3,(H,36,41). The number of likely N-dealkylation sites (tertiary alicyclic amines) is 1. The van der Waals surface area contributed by atoms with Gasteiger partial charge in [-0.2, -0.15) is 5.26 Å². The molecule has 0 spiro atoms. The van der Waals surface area contributed by atoms with Crippen LogP contribution in [0, 0.1) is 11.5 Å². The summed E-state index contributed by atoms with van der Waals surface area (Å²) in [6.07, 6.45) is 1.45. The molecule has 1 aliphatic heterocycles. The molecule has 1 aromatic carbocycles. The van der Waals surface area contributed by atoms with E-state index >= 15 is 0 Å². The number of rotatable bonds is 8. The van der Waals surface area contributed by atoms with E-state index in [-0.39, 0.29) is 43.8 Å². The van der Waals surface area contributed by atoms with E-state index < -0.39 is 81.2 Å². The zero-order chi connectivity index (χ0) is 32.9. The van der Waals surface area contributed by atoms with Gasteiger partial charge in [-0.25, -0.2) is 8.78 Å². The fourth-order valence-corrected chi connectivity index (χ4v) is 6.13. The molecule has 0 bridgehead atoms. The average Bonchev–Trinajstić information content (AvgIpc) is 3.50. The molecule has 1 saturated carbocycles. The molecule has 2 amide bonds. The Kier molecular flexibility index (Phi) is 7.95. The lowest BCUT2D eigenvalue weighted by atomic mass is 9.92. The third-order valence-corrected chi connectivity index (χ3v) is 8.87. The summed E-state index contributed by atoms with van der Waals surface area (Å²) in [6.45, 7) is 4.45. The molecule has 1 saturated heterocycles. The van der Waals surface area contributed by atoms with E-state index in [1.807, 2.05) is 0 Å². The Labute approximate surface area is 248 Å². The zero-order valence-corrected chi connectivity index (χ0v) is 24.8. The maximum atomic E-state index is 14.2. The second-order valence-corrected chi connectivity index (χ2v) is 14.3. The molecule has 18 heteroatoms. The van der Waals surface area contributed by atoms with E-state index in [2.05, 4.69) is 15.5 Å². The Morgan fingerprint density at radius 3 is 2.25 bits per heavy atom. The number of hydrogen-bond donors (Lipinski definition) is 2. The minimum atomic E-state index is -10.1. The molecule has 4 rings (SSSR count). The number of alkyl halides is 2. The van der Waals surface area contributed by atoms with Crippen molar-refractivity contribution >= 4 is 27.7 Å². The van der Waals surface area contributed by atoms with Crippen LogP contribution in [0.4, 0.5) is 33.9 Å². The summed E-state index contributed by atoms with van der Waals surface area (Å²) in [6, 6.07) is -3.05. The maximum Gasteiger partial charge on any atom is 0.310 e. The van der Waals surface area contributed by atoms with Gasteiger partial charge in [0.15, 0.2) is 18.1 Å². The number of aliphatic hydroxyl groups is 1. The van der Waals surface area contributed by atoms with Crippen LogP contribution in [0.25, 0.3) is 0 Å². The van der Waals surface area contributed by atoms with Crippen LogP contribution in [0.15, 0.2) is 35.5 Å². The normalized spacial score (nSPS) is 24.7. The van der Waals surface area contributed by atoms with Crippen molar-refractivity contribution in [1.82, 2.24) is 25.0 Å². The first-order valence-electron chi connectivity index (χ1n) is 13.7. The number of β-amino-alcohol motifs (C(OH)–C–C–N with tert-alkyl or cyclic N) is 1. The van der Waals surface area contributed by atoms with Crippen molar-refractivity contribution in [2.24, 2.45) is 0 Å². The lowest BCUT2D eigenvalue weighted by Gasteiger charge is -2.41. The molecule has 10 nitrogen and oxygen atoms in total. The second-order valence-electron chi connectivity index (χ2n) is 11.8. The van der Waals surface area contributed by atoms with Gasteiger partial charge < -0.3 is 15.0 Å². The van der Waals surface area contributed by atoms with E-state index in [1.165, 1.54) is 17.8 Å². The van der Waals surface area contributed by atoms with Gasteiger partial charge in [-0.1, -0.05) is 19.4 Å². The van der Waals surface area contributed by atoms with Crippen molar-refractivity contribution in [3.8, 4) is 6.19 Å². The molecule has 2 aromatic rings. The van der Waals surface area contributed by atoms with Crippen LogP contribution in [-0.2, 0) is 9.59 Å². The number of carbonyl (C=O) groups is 2. The number of aromatic nitrogens is 3. The van der Waals surface area contributed by atoms with Gasteiger partial charge in [0.25, 0.3) is 11.8 Å². The molecular weight excluding hydrogens is 623 g/mol.